The van der Waals surface area contributed by atoms with Gasteiger partial charge in [-0.25, -0.2) is 9.59 Å². The minimum Gasteiger partial charge on any atom is -0.490 e. The van der Waals surface area contributed by atoms with Crippen LogP contribution < -0.4 is 9.47 Å². The summed E-state index contributed by atoms with van der Waals surface area (Å²) in [5.41, 5.74) is 0.968. The average molecular weight is 478 g/mol. The number of methoxy groups -OCH3 is 2. The van der Waals surface area contributed by atoms with Crippen molar-refractivity contribution in [2.24, 2.45) is 0 Å². The second kappa shape index (κ2) is 14.9. The van der Waals surface area contributed by atoms with Gasteiger partial charge in [-0.15, -0.1) is 0 Å². The van der Waals surface area contributed by atoms with E-state index in [0.29, 0.717) is 37.6 Å². The van der Waals surface area contributed by atoms with E-state index in [4.69, 9.17) is 28.4 Å². The number of ether oxygens (including phenoxy) is 6. The normalized spacial score (nSPS) is 10.8. The average Bonchev–Trinajstić information content (AvgIpc) is 2.83. The molecule has 0 aliphatic heterocycles. The van der Waals surface area contributed by atoms with E-state index in [1.165, 1.54) is 24.3 Å². The van der Waals surface area contributed by atoms with Gasteiger partial charge in [-0.3, -0.25) is 0 Å². The summed E-state index contributed by atoms with van der Waals surface area (Å²) < 4.78 is 31.5. The molecule has 0 radical (unpaired) electrons. The molecule has 2 aromatic carbocycles. The molecule has 0 aliphatic carbocycles. The van der Waals surface area contributed by atoms with Crippen molar-refractivity contribution >= 4 is 11.9 Å². The van der Waals surface area contributed by atoms with E-state index in [-0.39, 0.29) is 49.1 Å². The van der Waals surface area contributed by atoms with E-state index in [1.807, 2.05) is 0 Å². The van der Waals surface area contributed by atoms with Crippen LogP contribution in [0.2, 0.25) is 0 Å². The molecule has 0 spiro atoms. The van der Waals surface area contributed by atoms with E-state index in [9.17, 15) is 19.8 Å². The Kier molecular flexibility index (Phi) is 11.8. The van der Waals surface area contributed by atoms with Gasteiger partial charge >= 0.3 is 11.9 Å². The number of hydrogen-bond donors (Lipinski definition) is 2. The van der Waals surface area contributed by atoms with Gasteiger partial charge in [0.25, 0.3) is 0 Å². The van der Waals surface area contributed by atoms with Crippen LogP contribution in [0.25, 0.3) is 11.1 Å². The van der Waals surface area contributed by atoms with Gasteiger partial charge in [0.15, 0.2) is 0 Å². The Hall–Kier alpha value is -3.18. The molecule has 10 nitrogen and oxygen atoms in total. The molecular formula is C24H30O10. The molecule has 34 heavy (non-hydrogen) atoms. The van der Waals surface area contributed by atoms with Crippen LogP contribution in [0, 0.1) is 0 Å². The fourth-order valence-electron chi connectivity index (χ4n) is 2.91. The zero-order valence-corrected chi connectivity index (χ0v) is 19.3. The van der Waals surface area contributed by atoms with Crippen molar-refractivity contribution < 1.29 is 48.2 Å². The predicted molar refractivity (Wildman–Crippen MR) is 122 cm³/mol. The molecular weight excluding hydrogens is 448 g/mol. The molecule has 2 aromatic rings. The first-order valence-corrected chi connectivity index (χ1v) is 10.6. The first kappa shape index (κ1) is 27.1. The fourth-order valence-corrected chi connectivity index (χ4v) is 2.91. The Balaban J connectivity index is 2.11. The van der Waals surface area contributed by atoms with Crippen molar-refractivity contribution in [3.63, 3.8) is 0 Å². The molecule has 10 heteroatoms. The van der Waals surface area contributed by atoms with Crippen LogP contribution in [0.3, 0.4) is 0 Å². The van der Waals surface area contributed by atoms with Gasteiger partial charge in [0.1, 0.15) is 35.8 Å². The SMILES string of the molecule is COCCOCCOc1ccc(-c2ccc(OCCOCCOC)c(C(=O)O)c2)cc1C(=O)O. The van der Waals surface area contributed by atoms with Gasteiger partial charge in [0.2, 0.25) is 0 Å². The maximum Gasteiger partial charge on any atom is 0.339 e. The van der Waals surface area contributed by atoms with Gasteiger partial charge in [0, 0.05) is 14.2 Å². The van der Waals surface area contributed by atoms with Crippen molar-refractivity contribution in [2.45, 2.75) is 0 Å². The number of hydrogen-bond acceptors (Lipinski definition) is 8. The predicted octanol–water partition coefficient (Wildman–Crippen LogP) is 2.83. The first-order valence-electron chi connectivity index (χ1n) is 10.6. The van der Waals surface area contributed by atoms with Crippen molar-refractivity contribution in [2.75, 3.05) is 67.1 Å². The molecule has 0 aromatic heterocycles. The number of carboxylic acid groups (broad SMARTS) is 2. The molecule has 0 bridgehead atoms. The number of carbonyl (C=O) groups is 2. The third-order valence-corrected chi connectivity index (χ3v) is 4.59. The van der Waals surface area contributed by atoms with Crippen LogP contribution in [-0.2, 0) is 18.9 Å². The molecule has 0 fully saturated rings. The zero-order chi connectivity index (χ0) is 24.8. The standard InChI is InChI=1S/C24H30O10/c1-29-7-9-31-11-13-33-21-5-3-17(15-19(21)23(25)26)18-4-6-22(20(16-18)24(27)28)34-14-12-32-10-8-30-2/h3-6,15-16H,7-14H2,1-2H3,(H,25,26)(H,27,28). The Morgan fingerprint density at radius 3 is 1.35 bits per heavy atom. The second-order valence-corrected chi connectivity index (χ2v) is 6.94. The van der Waals surface area contributed by atoms with Gasteiger partial charge in [0.05, 0.1) is 39.6 Å². The fraction of sp³-hybridized carbons (Fsp3) is 0.417. The third-order valence-electron chi connectivity index (χ3n) is 4.59. The van der Waals surface area contributed by atoms with Crippen LogP contribution >= 0.6 is 0 Å². The highest BCUT2D eigenvalue weighted by Crippen LogP contribution is 2.30. The molecule has 0 amide bonds. The highest BCUT2D eigenvalue weighted by atomic mass is 16.5. The topological polar surface area (TPSA) is 130 Å². The monoisotopic (exact) mass is 478 g/mol. The van der Waals surface area contributed by atoms with E-state index in [1.54, 1.807) is 26.4 Å². The van der Waals surface area contributed by atoms with Crippen molar-refractivity contribution in [3.8, 4) is 22.6 Å². The number of carboxylic acids is 2. The van der Waals surface area contributed by atoms with E-state index in [0.717, 1.165) is 0 Å². The highest BCUT2D eigenvalue weighted by Gasteiger charge is 2.17. The lowest BCUT2D eigenvalue weighted by Crippen LogP contribution is -2.12. The van der Waals surface area contributed by atoms with Crippen LogP contribution in [0.4, 0.5) is 0 Å². The molecule has 0 saturated heterocycles. The maximum absolute atomic E-state index is 11.8. The van der Waals surface area contributed by atoms with Crippen LogP contribution in [0.1, 0.15) is 20.7 Å². The molecule has 0 saturated carbocycles. The molecule has 186 valence electrons. The Bertz CT molecular complexity index is 852. The smallest absolute Gasteiger partial charge is 0.339 e. The lowest BCUT2D eigenvalue weighted by atomic mass is 10.00. The Morgan fingerprint density at radius 2 is 1.00 bits per heavy atom. The number of rotatable bonds is 17. The summed E-state index contributed by atoms with van der Waals surface area (Å²) in [7, 11) is 3.14. The largest absolute Gasteiger partial charge is 0.490 e. The van der Waals surface area contributed by atoms with E-state index < -0.39 is 11.9 Å². The molecule has 0 atom stereocenters. The van der Waals surface area contributed by atoms with Crippen LogP contribution in [0.5, 0.6) is 11.5 Å². The van der Waals surface area contributed by atoms with E-state index >= 15 is 0 Å². The quantitative estimate of drug-likeness (QED) is 0.327. The summed E-state index contributed by atoms with van der Waals surface area (Å²) in [6.07, 6.45) is 0. The summed E-state index contributed by atoms with van der Waals surface area (Å²) in [4.78, 5) is 23.5. The lowest BCUT2D eigenvalue weighted by Gasteiger charge is -2.13. The maximum atomic E-state index is 11.8. The van der Waals surface area contributed by atoms with Crippen molar-refractivity contribution in [1.82, 2.24) is 0 Å². The Morgan fingerprint density at radius 1 is 0.618 bits per heavy atom. The van der Waals surface area contributed by atoms with Gasteiger partial charge in [-0.1, -0.05) is 12.1 Å². The first-order chi connectivity index (χ1) is 16.5. The van der Waals surface area contributed by atoms with Crippen molar-refractivity contribution in [1.29, 1.82) is 0 Å². The minimum atomic E-state index is -1.16. The third kappa shape index (κ3) is 8.64. The van der Waals surface area contributed by atoms with Gasteiger partial charge < -0.3 is 38.6 Å². The highest BCUT2D eigenvalue weighted by molar-refractivity contribution is 5.95. The summed E-state index contributed by atoms with van der Waals surface area (Å²) in [5, 5.41) is 19.2. The molecule has 0 heterocycles. The zero-order valence-electron chi connectivity index (χ0n) is 19.3. The molecule has 0 unspecified atom stereocenters. The van der Waals surface area contributed by atoms with Crippen LogP contribution in [0.15, 0.2) is 36.4 Å². The van der Waals surface area contributed by atoms with Crippen molar-refractivity contribution in [3.05, 3.63) is 47.5 Å². The summed E-state index contributed by atoms with van der Waals surface area (Å²) in [6.45, 7) is 2.66. The minimum absolute atomic E-state index is 0.0419. The number of aromatic carboxylic acids is 2. The Labute approximate surface area is 197 Å². The summed E-state index contributed by atoms with van der Waals surface area (Å²) >= 11 is 0. The molecule has 2 rings (SSSR count). The second-order valence-electron chi connectivity index (χ2n) is 6.94. The molecule has 2 N–H and O–H groups in total. The van der Waals surface area contributed by atoms with Gasteiger partial charge in [-0.05, 0) is 35.4 Å². The summed E-state index contributed by atoms with van der Waals surface area (Å²) in [6, 6.07) is 9.28. The summed E-state index contributed by atoms with van der Waals surface area (Å²) in [5.74, 6) is -1.94. The lowest BCUT2D eigenvalue weighted by molar-refractivity contribution is 0.0534. The number of benzene rings is 2. The molecule has 0 aliphatic rings. The van der Waals surface area contributed by atoms with Crippen LogP contribution in [-0.4, -0.2) is 89.2 Å². The van der Waals surface area contributed by atoms with E-state index in [2.05, 4.69) is 0 Å². The van der Waals surface area contributed by atoms with Gasteiger partial charge in [-0.2, -0.15) is 0 Å².